The van der Waals surface area contributed by atoms with Crippen molar-refractivity contribution in [2.24, 2.45) is 0 Å². The molecule has 1 aliphatic heterocycles. The van der Waals surface area contributed by atoms with Crippen LogP contribution < -0.4 is 10.2 Å². The van der Waals surface area contributed by atoms with Crippen LogP contribution in [0.4, 0.5) is 5.69 Å². The Balaban J connectivity index is 2.05. The van der Waals surface area contributed by atoms with Crippen LogP contribution in [-0.4, -0.2) is 18.6 Å². The molecule has 100 valence electrons. The lowest BCUT2D eigenvalue weighted by Gasteiger charge is -2.23. The summed E-state index contributed by atoms with van der Waals surface area (Å²) in [4.78, 5) is 2.49. The largest absolute Gasteiger partial charge is 0.372 e. The molecule has 0 unspecified atom stereocenters. The lowest BCUT2D eigenvalue weighted by atomic mass is 10.0. The molecule has 0 atom stereocenters. The highest BCUT2D eigenvalue weighted by Crippen LogP contribution is 2.23. The van der Waals surface area contributed by atoms with Crippen LogP contribution in [0.2, 0.25) is 0 Å². The average molecular weight is 246 g/mol. The second kappa shape index (κ2) is 5.31. The van der Waals surface area contributed by atoms with Crippen LogP contribution in [0, 0.1) is 6.92 Å². The lowest BCUT2D eigenvalue weighted by molar-refractivity contribution is 0.424. The summed E-state index contributed by atoms with van der Waals surface area (Å²) in [6, 6.07) is 6.89. The predicted molar refractivity (Wildman–Crippen MR) is 79.2 cm³/mol. The first-order valence-electron chi connectivity index (χ1n) is 7.05. The lowest BCUT2D eigenvalue weighted by Crippen LogP contribution is -2.35. The van der Waals surface area contributed by atoms with Crippen LogP contribution in [0.1, 0.15) is 44.7 Å². The molecule has 1 aliphatic rings. The number of nitrogens with one attached hydrogen (secondary N) is 1. The van der Waals surface area contributed by atoms with Gasteiger partial charge in [0.15, 0.2) is 0 Å². The average Bonchev–Trinajstić information content (AvgIpc) is 2.79. The fourth-order valence-electron chi connectivity index (χ4n) is 2.41. The third kappa shape index (κ3) is 3.49. The number of aryl methyl sites for hydroxylation is 1. The summed E-state index contributed by atoms with van der Waals surface area (Å²) in [5.74, 6) is 0. The van der Waals surface area contributed by atoms with Gasteiger partial charge in [-0.15, -0.1) is 0 Å². The summed E-state index contributed by atoms with van der Waals surface area (Å²) >= 11 is 0. The summed E-state index contributed by atoms with van der Waals surface area (Å²) < 4.78 is 0. The molecule has 0 aromatic heterocycles. The Morgan fingerprint density at radius 3 is 2.39 bits per heavy atom. The second-order valence-corrected chi connectivity index (χ2v) is 6.41. The molecule has 1 saturated heterocycles. The first kappa shape index (κ1) is 13.4. The van der Waals surface area contributed by atoms with E-state index in [2.05, 4.69) is 56.1 Å². The molecule has 0 aliphatic carbocycles. The fourth-order valence-corrected chi connectivity index (χ4v) is 2.41. The molecule has 0 saturated carbocycles. The molecule has 18 heavy (non-hydrogen) atoms. The summed E-state index contributed by atoms with van der Waals surface area (Å²) in [6.07, 6.45) is 2.68. The van der Waals surface area contributed by atoms with Crippen LogP contribution in [0.3, 0.4) is 0 Å². The predicted octanol–water partition coefficient (Wildman–Crippen LogP) is 3.48. The Hall–Kier alpha value is -1.02. The molecule has 1 N–H and O–H groups in total. The normalized spacial score (nSPS) is 16.3. The maximum Gasteiger partial charge on any atom is 0.0369 e. The third-order valence-corrected chi connectivity index (χ3v) is 3.61. The van der Waals surface area contributed by atoms with Crippen molar-refractivity contribution in [2.75, 3.05) is 18.0 Å². The van der Waals surface area contributed by atoms with Crippen molar-refractivity contribution in [2.45, 2.75) is 52.6 Å². The summed E-state index contributed by atoms with van der Waals surface area (Å²) in [5.41, 5.74) is 4.38. The van der Waals surface area contributed by atoms with E-state index in [9.17, 15) is 0 Å². The number of hydrogen-bond acceptors (Lipinski definition) is 2. The molecule has 1 heterocycles. The molecule has 0 bridgehead atoms. The Bertz CT molecular complexity index is 398. The zero-order chi connectivity index (χ0) is 13.2. The van der Waals surface area contributed by atoms with E-state index in [1.54, 1.807) is 0 Å². The minimum absolute atomic E-state index is 0.181. The highest BCUT2D eigenvalue weighted by Gasteiger charge is 2.14. The summed E-state index contributed by atoms with van der Waals surface area (Å²) in [7, 11) is 0. The van der Waals surface area contributed by atoms with E-state index in [1.165, 1.54) is 42.7 Å². The smallest absolute Gasteiger partial charge is 0.0369 e. The SMILES string of the molecule is Cc1cc(N2CCCC2)ccc1CNC(C)(C)C. The van der Waals surface area contributed by atoms with E-state index in [0.29, 0.717) is 0 Å². The van der Waals surface area contributed by atoms with E-state index in [-0.39, 0.29) is 5.54 Å². The first-order valence-corrected chi connectivity index (χ1v) is 7.05. The van der Waals surface area contributed by atoms with Gasteiger partial charge in [0.1, 0.15) is 0 Å². The summed E-state index contributed by atoms with van der Waals surface area (Å²) in [6.45, 7) is 12.2. The molecule has 1 aromatic rings. The monoisotopic (exact) mass is 246 g/mol. The van der Waals surface area contributed by atoms with Crippen molar-refractivity contribution in [1.82, 2.24) is 5.32 Å². The standard InChI is InChI=1S/C16H26N2/c1-13-11-15(18-9-5-6-10-18)8-7-14(13)12-17-16(2,3)4/h7-8,11,17H,5-6,9-10,12H2,1-4H3. The van der Waals surface area contributed by atoms with E-state index in [0.717, 1.165) is 6.54 Å². The molecular formula is C16H26N2. The van der Waals surface area contributed by atoms with Crippen molar-refractivity contribution >= 4 is 5.69 Å². The zero-order valence-electron chi connectivity index (χ0n) is 12.2. The molecule has 2 heteroatoms. The topological polar surface area (TPSA) is 15.3 Å². The second-order valence-electron chi connectivity index (χ2n) is 6.41. The van der Waals surface area contributed by atoms with Crippen molar-refractivity contribution in [3.63, 3.8) is 0 Å². The molecule has 1 fully saturated rings. The molecule has 0 radical (unpaired) electrons. The van der Waals surface area contributed by atoms with E-state index in [1.807, 2.05) is 0 Å². The van der Waals surface area contributed by atoms with Gasteiger partial charge in [-0.3, -0.25) is 0 Å². The number of rotatable bonds is 3. The van der Waals surface area contributed by atoms with Gasteiger partial charge in [0.05, 0.1) is 0 Å². The van der Waals surface area contributed by atoms with Gasteiger partial charge in [0.25, 0.3) is 0 Å². The maximum atomic E-state index is 3.55. The van der Waals surface area contributed by atoms with Crippen molar-refractivity contribution in [3.8, 4) is 0 Å². The van der Waals surface area contributed by atoms with Gasteiger partial charge in [-0.1, -0.05) is 6.07 Å². The number of anilines is 1. The maximum absolute atomic E-state index is 3.55. The first-order chi connectivity index (χ1) is 8.46. The van der Waals surface area contributed by atoms with Gasteiger partial charge < -0.3 is 10.2 Å². The van der Waals surface area contributed by atoms with Crippen LogP contribution in [0.15, 0.2) is 18.2 Å². The van der Waals surface area contributed by atoms with Gasteiger partial charge in [0.2, 0.25) is 0 Å². The molecule has 0 amide bonds. The fraction of sp³-hybridized carbons (Fsp3) is 0.625. The van der Waals surface area contributed by atoms with Crippen LogP contribution in [0.5, 0.6) is 0 Å². The van der Waals surface area contributed by atoms with Gasteiger partial charge in [-0.05, 0) is 63.8 Å². The van der Waals surface area contributed by atoms with E-state index >= 15 is 0 Å². The van der Waals surface area contributed by atoms with Gasteiger partial charge in [-0.25, -0.2) is 0 Å². The van der Waals surface area contributed by atoms with Crippen molar-refractivity contribution in [3.05, 3.63) is 29.3 Å². The zero-order valence-corrected chi connectivity index (χ0v) is 12.2. The van der Waals surface area contributed by atoms with Crippen LogP contribution >= 0.6 is 0 Å². The Morgan fingerprint density at radius 1 is 1.17 bits per heavy atom. The summed E-state index contributed by atoms with van der Waals surface area (Å²) in [5, 5.41) is 3.55. The molecular weight excluding hydrogens is 220 g/mol. The quantitative estimate of drug-likeness (QED) is 0.878. The molecule has 2 rings (SSSR count). The highest BCUT2D eigenvalue weighted by molar-refractivity contribution is 5.51. The minimum atomic E-state index is 0.181. The van der Waals surface area contributed by atoms with Crippen molar-refractivity contribution in [1.29, 1.82) is 0 Å². The van der Waals surface area contributed by atoms with E-state index in [4.69, 9.17) is 0 Å². The highest BCUT2D eigenvalue weighted by atomic mass is 15.1. The van der Waals surface area contributed by atoms with Crippen molar-refractivity contribution < 1.29 is 0 Å². The van der Waals surface area contributed by atoms with Crippen LogP contribution in [0.25, 0.3) is 0 Å². The minimum Gasteiger partial charge on any atom is -0.372 e. The molecule has 1 aromatic carbocycles. The third-order valence-electron chi connectivity index (χ3n) is 3.61. The van der Waals surface area contributed by atoms with Crippen LogP contribution in [-0.2, 0) is 6.54 Å². The Labute approximate surface area is 111 Å². The molecule has 2 nitrogen and oxygen atoms in total. The molecule has 0 spiro atoms. The van der Waals surface area contributed by atoms with E-state index < -0.39 is 0 Å². The number of hydrogen-bond donors (Lipinski definition) is 1. The van der Waals surface area contributed by atoms with Gasteiger partial charge >= 0.3 is 0 Å². The number of benzene rings is 1. The Morgan fingerprint density at radius 2 is 1.83 bits per heavy atom. The van der Waals surface area contributed by atoms with Gasteiger partial charge in [-0.2, -0.15) is 0 Å². The number of nitrogens with zero attached hydrogens (tertiary/aromatic N) is 1. The van der Waals surface area contributed by atoms with Gasteiger partial charge in [0, 0.05) is 30.9 Å². The Kier molecular flexibility index (Phi) is 3.96.